The third-order valence-electron chi connectivity index (χ3n) is 4.10. The molecule has 0 aromatic carbocycles. The van der Waals surface area contributed by atoms with Crippen molar-refractivity contribution in [3.63, 3.8) is 0 Å². The number of aliphatic carboxylic acids is 1. The van der Waals surface area contributed by atoms with E-state index in [2.05, 4.69) is 5.32 Å². The maximum atomic E-state index is 12.2. The molecule has 1 aliphatic rings. The summed E-state index contributed by atoms with van der Waals surface area (Å²) in [7, 11) is 0. The molecular weight excluding hydrogens is 242 g/mol. The van der Waals surface area contributed by atoms with Crippen molar-refractivity contribution >= 4 is 11.9 Å². The van der Waals surface area contributed by atoms with Gasteiger partial charge in [-0.25, -0.2) is 0 Å². The van der Waals surface area contributed by atoms with Gasteiger partial charge in [0.25, 0.3) is 0 Å². The zero-order valence-corrected chi connectivity index (χ0v) is 12.5. The lowest BCUT2D eigenvalue weighted by Gasteiger charge is -2.31. The molecule has 4 heteroatoms. The van der Waals surface area contributed by atoms with Crippen LogP contribution in [0.15, 0.2) is 0 Å². The van der Waals surface area contributed by atoms with Gasteiger partial charge in [-0.05, 0) is 31.1 Å². The summed E-state index contributed by atoms with van der Waals surface area (Å²) in [6.07, 6.45) is 5.97. The van der Waals surface area contributed by atoms with Gasteiger partial charge in [0, 0.05) is 6.04 Å². The average Bonchev–Trinajstić information content (AvgIpc) is 2.27. The first-order valence-electron chi connectivity index (χ1n) is 7.26. The third kappa shape index (κ3) is 4.51. The van der Waals surface area contributed by atoms with Crippen molar-refractivity contribution in [3.8, 4) is 0 Å². The molecule has 110 valence electrons. The van der Waals surface area contributed by atoms with Crippen molar-refractivity contribution in [3.05, 3.63) is 0 Å². The predicted molar refractivity (Wildman–Crippen MR) is 74.8 cm³/mol. The van der Waals surface area contributed by atoms with Gasteiger partial charge in [0.1, 0.15) is 5.92 Å². The van der Waals surface area contributed by atoms with Crippen LogP contribution in [0.25, 0.3) is 0 Å². The molecule has 0 heterocycles. The second kappa shape index (κ2) is 6.40. The standard InChI is InChI=1S/C15H27NO3/c1-10(11-8-6-5-7-9-11)16-13(17)12(14(18)19)15(2,3)4/h10-12H,5-9H2,1-4H3,(H,16,17)(H,18,19). The van der Waals surface area contributed by atoms with Gasteiger partial charge in [-0.3, -0.25) is 9.59 Å². The molecule has 0 spiro atoms. The van der Waals surface area contributed by atoms with Crippen LogP contribution >= 0.6 is 0 Å². The zero-order chi connectivity index (χ0) is 14.6. The number of carbonyl (C=O) groups excluding carboxylic acids is 1. The van der Waals surface area contributed by atoms with Gasteiger partial charge in [-0.1, -0.05) is 40.0 Å². The number of hydrogen-bond acceptors (Lipinski definition) is 2. The molecule has 1 saturated carbocycles. The lowest BCUT2D eigenvalue weighted by molar-refractivity contribution is -0.151. The number of hydrogen-bond donors (Lipinski definition) is 2. The molecule has 2 unspecified atom stereocenters. The maximum Gasteiger partial charge on any atom is 0.316 e. The van der Waals surface area contributed by atoms with Crippen LogP contribution in [0.1, 0.15) is 59.8 Å². The summed E-state index contributed by atoms with van der Waals surface area (Å²) in [4.78, 5) is 23.5. The monoisotopic (exact) mass is 269 g/mol. The molecule has 0 aromatic rings. The Hall–Kier alpha value is -1.06. The molecule has 0 aromatic heterocycles. The van der Waals surface area contributed by atoms with Crippen molar-refractivity contribution in [2.75, 3.05) is 0 Å². The van der Waals surface area contributed by atoms with Crippen molar-refractivity contribution in [2.24, 2.45) is 17.3 Å². The second-order valence-corrected chi connectivity index (χ2v) is 6.83. The van der Waals surface area contributed by atoms with Gasteiger partial charge in [-0.2, -0.15) is 0 Å². The van der Waals surface area contributed by atoms with Crippen molar-refractivity contribution < 1.29 is 14.7 Å². The minimum Gasteiger partial charge on any atom is -0.481 e. The number of amides is 1. The number of carboxylic acids is 1. The summed E-state index contributed by atoms with van der Waals surface area (Å²) in [5, 5.41) is 12.2. The molecular formula is C15H27NO3. The molecule has 19 heavy (non-hydrogen) atoms. The lowest BCUT2D eigenvalue weighted by Crippen LogP contribution is -2.47. The van der Waals surface area contributed by atoms with E-state index in [4.69, 9.17) is 0 Å². The van der Waals surface area contributed by atoms with Gasteiger partial charge in [0.05, 0.1) is 0 Å². The van der Waals surface area contributed by atoms with E-state index in [1.807, 2.05) is 6.92 Å². The molecule has 0 bridgehead atoms. The summed E-state index contributed by atoms with van der Waals surface area (Å²) in [6.45, 7) is 7.36. The fraction of sp³-hybridized carbons (Fsp3) is 0.867. The molecule has 0 radical (unpaired) electrons. The third-order valence-corrected chi connectivity index (χ3v) is 4.10. The Morgan fingerprint density at radius 2 is 1.68 bits per heavy atom. The Labute approximate surface area is 116 Å². The summed E-state index contributed by atoms with van der Waals surface area (Å²) >= 11 is 0. The van der Waals surface area contributed by atoms with E-state index in [1.165, 1.54) is 19.3 Å². The van der Waals surface area contributed by atoms with Gasteiger partial charge >= 0.3 is 5.97 Å². The van der Waals surface area contributed by atoms with Gasteiger partial charge in [0.2, 0.25) is 5.91 Å². The van der Waals surface area contributed by atoms with Crippen LogP contribution in [0.3, 0.4) is 0 Å². The molecule has 2 N–H and O–H groups in total. The van der Waals surface area contributed by atoms with Crippen LogP contribution in [0.4, 0.5) is 0 Å². The minimum absolute atomic E-state index is 0.0667. The molecule has 2 atom stereocenters. The molecule has 4 nitrogen and oxygen atoms in total. The summed E-state index contributed by atoms with van der Waals surface area (Å²) in [6, 6.07) is 0.0667. The first-order chi connectivity index (χ1) is 8.73. The van der Waals surface area contributed by atoms with Crippen molar-refractivity contribution in [2.45, 2.75) is 65.8 Å². The Kier molecular flexibility index (Phi) is 5.39. The largest absolute Gasteiger partial charge is 0.481 e. The van der Waals surface area contributed by atoms with Crippen LogP contribution in [-0.4, -0.2) is 23.0 Å². The van der Waals surface area contributed by atoms with E-state index in [0.29, 0.717) is 5.92 Å². The fourth-order valence-electron chi connectivity index (χ4n) is 2.94. The first kappa shape index (κ1) is 16.0. The average molecular weight is 269 g/mol. The van der Waals surface area contributed by atoms with Crippen LogP contribution in [-0.2, 0) is 9.59 Å². The molecule has 1 amide bonds. The quantitative estimate of drug-likeness (QED) is 0.771. The van der Waals surface area contributed by atoms with Crippen molar-refractivity contribution in [1.82, 2.24) is 5.32 Å². The lowest BCUT2D eigenvalue weighted by atomic mass is 9.79. The first-order valence-corrected chi connectivity index (χ1v) is 7.26. The Morgan fingerprint density at radius 1 is 1.16 bits per heavy atom. The summed E-state index contributed by atoms with van der Waals surface area (Å²) in [5.74, 6) is -1.88. The minimum atomic E-state index is -1.04. The smallest absolute Gasteiger partial charge is 0.316 e. The molecule has 1 aliphatic carbocycles. The van der Waals surface area contributed by atoms with Crippen LogP contribution in [0.2, 0.25) is 0 Å². The maximum absolute atomic E-state index is 12.2. The molecule has 0 saturated heterocycles. The highest BCUT2D eigenvalue weighted by atomic mass is 16.4. The van der Waals surface area contributed by atoms with Gasteiger partial charge in [0.15, 0.2) is 0 Å². The van der Waals surface area contributed by atoms with E-state index in [0.717, 1.165) is 12.8 Å². The van der Waals surface area contributed by atoms with E-state index in [-0.39, 0.29) is 11.9 Å². The summed E-state index contributed by atoms with van der Waals surface area (Å²) in [5.41, 5.74) is -0.567. The highest BCUT2D eigenvalue weighted by Gasteiger charge is 2.38. The molecule has 0 aliphatic heterocycles. The Balaban J connectivity index is 2.63. The number of carbonyl (C=O) groups is 2. The topological polar surface area (TPSA) is 66.4 Å². The predicted octanol–water partition coefficient (Wildman–Crippen LogP) is 2.82. The van der Waals surface area contributed by atoms with Crippen LogP contribution in [0.5, 0.6) is 0 Å². The van der Waals surface area contributed by atoms with E-state index in [1.54, 1.807) is 20.8 Å². The summed E-state index contributed by atoms with van der Waals surface area (Å²) < 4.78 is 0. The Bertz CT molecular complexity index is 327. The fourth-order valence-corrected chi connectivity index (χ4v) is 2.94. The van der Waals surface area contributed by atoms with E-state index in [9.17, 15) is 14.7 Å². The Morgan fingerprint density at radius 3 is 2.11 bits per heavy atom. The normalized spacial score (nSPS) is 20.6. The van der Waals surface area contributed by atoms with Crippen LogP contribution < -0.4 is 5.32 Å². The highest BCUT2D eigenvalue weighted by molar-refractivity contribution is 5.97. The van der Waals surface area contributed by atoms with Crippen LogP contribution in [0, 0.1) is 17.3 Å². The molecule has 1 rings (SSSR count). The van der Waals surface area contributed by atoms with Crippen molar-refractivity contribution in [1.29, 1.82) is 0 Å². The highest BCUT2D eigenvalue weighted by Crippen LogP contribution is 2.29. The van der Waals surface area contributed by atoms with E-state index < -0.39 is 17.3 Å². The van der Waals surface area contributed by atoms with Gasteiger partial charge < -0.3 is 10.4 Å². The SMILES string of the molecule is CC(NC(=O)C(C(=O)O)C(C)(C)C)C1CCCCC1. The van der Waals surface area contributed by atoms with E-state index >= 15 is 0 Å². The zero-order valence-electron chi connectivity index (χ0n) is 12.5. The second-order valence-electron chi connectivity index (χ2n) is 6.83. The molecule has 1 fully saturated rings. The number of nitrogens with one attached hydrogen (secondary N) is 1. The number of rotatable bonds is 4. The number of carboxylic acid groups (broad SMARTS) is 1. The van der Waals surface area contributed by atoms with Gasteiger partial charge in [-0.15, -0.1) is 0 Å².